The lowest BCUT2D eigenvalue weighted by molar-refractivity contribution is 0.0979. The lowest BCUT2D eigenvalue weighted by atomic mass is 10.0. The highest BCUT2D eigenvalue weighted by atomic mass is 79.9. The van der Waals surface area contributed by atoms with Gasteiger partial charge in [-0.3, -0.25) is 4.79 Å². The lowest BCUT2D eigenvalue weighted by Gasteiger charge is -2.03. The molecule has 0 N–H and O–H groups in total. The molecule has 1 aromatic rings. The van der Waals surface area contributed by atoms with Crippen LogP contribution in [0.1, 0.15) is 41.6 Å². The Balaban J connectivity index is 2.50. The molecule has 88 valence electrons. The van der Waals surface area contributed by atoms with E-state index in [0.29, 0.717) is 12.3 Å². The molecule has 0 atom stereocenters. The van der Waals surface area contributed by atoms with Crippen LogP contribution in [0.2, 0.25) is 0 Å². The van der Waals surface area contributed by atoms with Crippen LogP contribution in [0.15, 0.2) is 22.7 Å². The molecule has 0 aliphatic carbocycles. The number of carbonyl (C=O) groups excluding carboxylic acids is 1. The molecule has 0 saturated heterocycles. The molecule has 0 spiro atoms. The molecule has 0 aromatic heterocycles. The smallest absolute Gasteiger partial charge is 0.162 e. The molecule has 0 fully saturated rings. The van der Waals surface area contributed by atoms with Gasteiger partial charge >= 0.3 is 0 Å². The molecular formula is C13H16BrClO. The topological polar surface area (TPSA) is 17.1 Å². The van der Waals surface area contributed by atoms with Crippen LogP contribution in [0.5, 0.6) is 0 Å². The molecule has 16 heavy (non-hydrogen) atoms. The summed E-state index contributed by atoms with van der Waals surface area (Å²) in [6.45, 7) is 1.99. The quantitative estimate of drug-likeness (QED) is 0.421. The highest BCUT2D eigenvalue weighted by molar-refractivity contribution is 9.10. The minimum Gasteiger partial charge on any atom is -0.294 e. The zero-order valence-corrected chi connectivity index (χ0v) is 11.8. The van der Waals surface area contributed by atoms with Gasteiger partial charge < -0.3 is 0 Å². The third-order valence-corrected chi connectivity index (χ3v) is 3.67. The lowest BCUT2D eigenvalue weighted by Crippen LogP contribution is -1.99. The summed E-state index contributed by atoms with van der Waals surface area (Å²) in [6.07, 6.45) is 3.58. The number of ketones is 1. The van der Waals surface area contributed by atoms with E-state index < -0.39 is 0 Å². The predicted octanol–water partition coefficient (Wildman–Crippen LogP) is 4.74. The van der Waals surface area contributed by atoms with Crippen molar-refractivity contribution in [1.29, 1.82) is 0 Å². The van der Waals surface area contributed by atoms with Crippen LogP contribution in [-0.4, -0.2) is 11.7 Å². The predicted molar refractivity (Wildman–Crippen MR) is 72.4 cm³/mol. The van der Waals surface area contributed by atoms with E-state index in [2.05, 4.69) is 15.9 Å². The van der Waals surface area contributed by atoms with Crippen molar-refractivity contribution in [2.75, 3.05) is 5.88 Å². The maximum atomic E-state index is 11.8. The number of benzene rings is 1. The first-order chi connectivity index (χ1) is 7.65. The summed E-state index contributed by atoms with van der Waals surface area (Å²) in [6, 6.07) is 5.75. The highest BCUT2D eigenvalue weighted by Gasteiger charge is 2.06. The van der Waals surface area contributed by atoms with Crippen molar-refractivity contribution in [2.45, 2.75) is 32.6 Å². The molecule has 1 aromatic carbocycles. The Morgan fingerprint density at radius 1 is 1.31 bits per heavy atom. The van der Waals surface area contributed by atoms with Crippen molar-refractivity contribution in [1.82, 2.24) is 0 Å². The second kappa shape index (κ2) is 7.08. The largest absolute Gasteiger partial charge is 0.294 e. The average molecular weight is 304 g/mol. The van der Waals surface area contributed by atoms with Crippen LogP contribution in [0.3, 0.4) is 0 Å². The van der Waals surface area contributed by atoms with Gasteiger partial charge in [0, 0.05) is 22.3 Å². The van der Waals surface area contributed by atoms with Crippen LogP contribution in [0.25, 0.3) is 0 Å². The average Bonchev–Trinajstić information content (AvgIpc) is 2.28. The Morgan fingerprint density at radius 3 is 2.69 bits per heavy atom. The van der Waals surface area contributed by atoms with Crippen LogP contribution in [0, 0.1) is 6.92 Å². The molecule has 0 bridgehead atoms. The fourth-order valence-electron chi connectivity index (χ4n) is 1.52. The van der Waals surface area contributed by atoms with Gasteiger partial charge in [0.05, 0.1) is 0 Å². The first-order valence-corrected chi connectivity index (χ1v) is 6.83. The third-order valence-electron chi connectivity index (χ3n) is 2.52. The summed E-state index contributed by atoms with van der Waals surface area (Å²) in [5.41, 5.74) is 1.91. The minimum atomic E-state index is 0.227. The van der Waals surface area contributed by atoms with E-state index in [0.717, 1.165) is 34.9 Å². The Hall–Kier alpha value is -0.340. The van der Waals surface area contributed by atoms with E-state index in [1.54, 1.807) is 0 Å². The molecular weight excluding hydrogens is 287 g/mol. The summed E-state index contributed by atoms with van der Waals surface area (Å²) in [5, 5.41) is 0. The summed E-state index contributed by atoms with van der Waals surface area (Å²) in [4.78, 5) is 11.8. The molecule has 0 aliphatic rings. The van der Waals surface area contributed by atoms with Crippen LogP contribution in [0.4, 0.5) is 0 Å². The number of carbonyl (C=O) groups is 1. The van der Waals surface area contributed by atoms with Crippen LogP contribution >= 0.6 is 27.5 Å². The maximum Gasteiger partial charge on any atom is 0.162 e. The number of rotatable bonds is 6. The molecule has 1 nitrogen and oxygen atoms in total. The second-order valence-electron chi connectivity index (χ2n) is 3.89. The summed E-state index contributed by atoms with van der Waals surface area (Å²) in [5.74, 6) is 0.913. The van der Waals surface area contributed by atoms with Gasteiger partial charge in [-0.05, 0) is 37.5 Å². The van der Waals surface area contributed by atoms with E-state index in [1.165, 1.54) is 0 Å². The van der Waals surface area contributed by atoms with E-state index in [-0.39, 0.29) is 5.78 Å². The molecule has 0 aliphatic heterocycles. The fraction of sp³-hybridized carbons (Fsp3) is 0.462. The third kappa shape index (κ3) is 4.26. The standard InChI is InChI=1S/C13H16BrClO/c1-10-9-11(6-7-12(10)14)13(16)5-3-2-4-8-15/h6-7,9H,2-5,8H2,1H3. The number of aryl methyl sites for hydroxylation is 1. The van der Waals surface area contributed by atoms with Gasteiger partial charge in [-0.15, -0.1) is 11.6 Å². The summed E-state index contributed by atoms with van der Waals surface area (Å²) in [7, 11) is 0. The van der Waals surface area contributed by atoms with Crippen molar-refractivity contribution in [2.24, 2.45) is 0 Å². The molecule has 0 radical (unpaired) electrons. The van der Waals surface area contributed by atoms with Gasteiger partial charge in [-0.1, -0.05) is 28.4 Å². The molecule has 1 rings (SSSR count). The Labute approximate surface area is 110 Å². The SMILES string of the molecule is Cc1cc(C(=O)CCCCCCl)ccc1Br. The number of halogens is 2. The van der Waals surface area contributed by atoms with Crippen LogP contribution in [-0.2, 0) is 0 Å². The van der Waals surface area contributed by atoms with Crippen LogP contribution < -0.4 is 0 Å². The van der Waals surface area contributed by atoms with Gasteiger partial charge in [0.1, 0.15) is 0 Å². The Bertz CT molecular complexity index is 363. The fourth-order valence-corrected chi connectivity index (χ4v) is 1.95. The normalized spacial score (nSPS) is 10.4. The monoisotopic (exact) mass is 302 g/mol. The molecule has 0 heterocycles. The molecule has 0 saturated carbocycles. The maximum absolute atomic E-state index is 11.8. The highest BCUT2D eigenvalue weighted by Crippen LogP contribution is 2.18. The zero-order valence-electron chi connectivity index (χ0n) is 9.43. The molecule has 0 unspecified atom stereocenters. The van der Waals surface area contributed by atoms with Crippen molar-refractivity contribution in [3.05, 3.63) is 33.8 Å². The molecule has 0 amide bonds. The van der Waals surface area contributed by atoms with Gasteiger partial charge in [-0.2, -0.15) is 0 Å². The second-order valence-corrected chi connectivity index (χ2v) is 5.12. The van der Waals surface area contributed by atoms with Gasteiger partial charge in [0.2, 0.25) is 0 Å². The molecule has 3 heteroatoms. The van der Waals surface area contributed by atoms with E-state index >= 15 is 0 Å². The van der Waals surface area contributed by atoms with Crippen molar-refractivity contribution in [3.8, 4) is 0 Å². The number of unbranched alkanes of at least 4 members (excludes halogenated alkanes) is 2. The van der Waals surface area contributed by atoms with Crippen molar-refractivity contribution in [3.63, 3.8) is 0 Å². The number of Topliss-reactive ketones (excluding diaryl/α,β-unsaturated/α-hetero) is 1. The van der Waals surface area contributed by atoms with E-state index in [1.807, 2.05) is 25.1 Å². The first kappa shape index (κ1) is 13.7. The number of hydrogen-bond donors (Lipinski definition) is 0. The van der Waals surface area contributed by atoms with Gasteiger partial charge in [0.25, 0.3) is 0 Å². The number of alkyl halides is 1. The Kier molecular flexibility index (Phi) is 6.07. The van der Waals surface area contributed by atoms with E-state index in [9.17, 15) is 4.79 Å². The number of hydrogen-bond acceptors (Lipinski definition) is 1. The van der Waals surface area contributed by atoms with Gasteiger partial charge in [-0.25, -0.2) is 0 Å². The summed E-state index contributed by atoms with van der Waals surface area (Å²) < 4.78 is 1.05. The van der Waals surface area contributed by atoms with Crippen molar-refractivity contribution >= 4 is 33.3 Å². The van der Waals surface area contributed by atoms with E-state index in [4.69, 9.17) is 11.6 Å². The van der Waals surface area contributed by atoms with Gasteiger partial charge in [0.15, 0.2) is 5.78 Å². The Morgan fingerprint density at radius 2 is 2.06 bits per heavy atom. The van der Waals surface area contributed by atoms with Crippen molar-refractivity contribution < 1.29 is 4.79 Å². The first-order valence-electron chi connectivity index (χ1n) is 5.50. The minimum absolute atomic E-state index is 0.227. The zero-order chi connectivity index (χ0) is 12.0. The summed E-state index contributed by atoms with van der Waals surface area (Å²) >= 11 is 9.01.